The van der Waals surface area contributed by atoms with Crippen LogP contribution in [0.4, 0.5) is 0 Å². The van der Waals surface area contributed by atoms with Crippen molar-refractivity contribution in [2.75, 3.05) is 19.7 Å². The van der Waals surface area contributed by atoms with E-state index in [2.05, 4.69) is 25.6 Å². The Balaban J connectivity index is 1.09. The molecule has 4 heterocycles. The number of piperidine rings is 1. The molecule has 1 spiro atoms. The Labute approximate surface area is 217 Å². The second-order valence-corrected chi connectivity index (χ2v) is 10.2. The van der Waals surface area contributed by atoms with E-state index in [0.29, 0.717) is 78.0 Å². The lowest BCUT2D eigenvalue weighted by Gasteiger charge is -2.44. The normalized spacial score (nSPS) is 18.4. The van der Waals surface area contributed by atoms with E-state index >= 15 is 0 Å². The third-order valence-electron chi connectivity index (χ3n) is 7.62. The molecule has 4 aromatic rings. The number of hydrogen-bond acceptors (Lipinski definition) is 9. The number of nitrogens with one attached hydrogen (secondary N) is 1. The molecular formula is C27H26N6O5. The molecule has 11 nitrogen and oxygen atoms in total. The van der Waals surface area contributed by atoms with Crippen LogP contribution < -0.4 is 9.47 Å². The fraction of sp³-hybridized carbons (Fsp3) is 0.407. The molecule has 2 fully saturated rings. The monoisotopic (exact) mass is 514 g/mol. The van der Waals surface area contributed by atoms with Crippen molar-refractivity contribution in [2.24, 2.45) is 0 Å². The Morgan fingerprint density at radius 1 is 1.21 bits per heavy atom. The predicted octanol–water partition coefficient (Wildman–Crippen LogP) is 3.92. The number of amides is 1. The van der Waals surface area contributed by atoms with Gasteiger partial charge in [0.15, 0.2) is 28.8 Å². The smallest absolute Gasteiger partial charge is 0.254 e. The number of ether oxygens (including phenoxy) is 2. The number of nitrogens with zero attached hydrogens (tertiary/aromatic N) is 5. The molecule has 0 atom stereocenters. The van der Waals surface area contributed by atoms with Crippen molar-refractivity contribution in [3.8, 4) is 22.9 Å². The van der Waals surface area contributed by atoms with Crippen LogP contribution in [-0.4, -0.2) is 67.5 Å². The number of carbonyl (C=O) groups excluding carboxylic acids is 2. The number of aromatic nitrogens is 5. The second kappa shape index (κ2) is 8.64. The molecule has 1 saturated carbocycles. The molecule has 7 rings (SSSR count). The first-order chi connectivity index (χ1) is 18.5. The van der Waals surface area contributed by atoms with Gasteiger partial charge in [0, 0.05) is 43.0 Å². The molecule has 2 aromatic carbocycles. The number of likely N-dealkylation sites (tertiary alicyclic amines) is 1. The topological polar surface area (TPSA) is 136 Å². The van der Waals surface area contributed by atoms with E-state index in [4.69, 9.17) is 13.9 Å². The minimum absolute atomic E-state index is 0.0182. The highest BCUT2D eigenvalue weighted by atomic mass is 16.5. The Hall–Kier alpha value is -4.28. The molecule has 0 bridgehead atoms. The van der Waals surface area contributed by atoms with Crippen molar-refractivity contribution >= 4 is 22.8 Å². The number of Topliss-reactive ketones (excluding diaryl/α,β-unsaturated/α-hetero) is 1. The zero-order valence-corrected chi connectivity index (χ0v) is 20.9. The third-order valence-corrected chi connectivity index (χ3v) is 7.62. The van der Waals surface area contributed by atoms with Gasteiger partial charge in [0.25, 0.3) is 5.91 Å². The van der Waals surface area contributed by atoms with E-state index in [0.717, 1.165) is 24.3 Å². The fourth-order valence-corrected chi connectivity index (χ4v) is 5.41. The van der Waals surface area contributed by atoms with E-state index in [-0.39, 0.29) is 18.1 Å². The Kier molecular flexibility index (Phi) is 5.20. The van der Waals surface area contributed by atoms with Gasteiger partial charge in [-0.25, -0.2) is 10.1 Å². The second-order valence-electron chi connectivity index (χ2n) is 10.2. The van der Waals surface area contributed by atoms with Crippen LogP contribution in [0.2, 0.25) is 0 Å². The lowest BCUT2D eigenvalue weighted by atomic mass is 9.82. The lowest BCUT2D eigenvalue weighted by Crippen LogP contribution is -2.52. The van der Waals surface area contributed by atoms with Crippen LogP contribution in [0.3, 0.4) is 0 Å². The lowest BCUT2D eigenvalue weighted by molar-refractivity contribution is -0.00570. The number of tetrazole rings is 1. The van der Waals surface area contributed by atoms with Gasteiger partial charge in [-0.3, -0.25) is 9.59 Å². The summed E-state index contributed by atoms with van der Waals surface area (Å²) in [5.41, 5.74) is 2.39. The highest BCUT2D eigenvalue weighted by molar-refractivity contribution is 6.01. The zero-order valence-electron chi connectivity index (χ0n) is 20.9. The molecular weight excluding hydrogens is 488 g/mol. The van der Waals surface area contributed by atoms with Crippen molar-refractivity contribution in [1.29, 1.82) is 0 Å². The van der Waals surface area contributed by atoms with E-state index < -0.39 is 5.60 Å². The molecule has 11 heteroatoms. The van der Waals surface area contributed by atoms with Crippen LogP contribution in [0, 0.1) is 0 Å². The largest absolute Gasteiger partial charge is 0.490 e. The molecule has 3 aliphatic rings. The summed E-state index contributed by atoms with van der Waals surface area (Å²) in [7, 11) is 0. The fourth-order valence-electron chi connectivity index (χ4n) is 5.41. The molecule has 1 aliphatic carbocycles. The Bertz CT molecular complexity index is 1550. The van der Waals surface area contributed by atoms with Crippen molar-refractivity contribution in [1.82, 2.24) is 30.5 Å². The highest BCUT2D eigenvalue weighted by Gasteiger charge is 2.44. The van der Waals surface area contributed by atoms with E-state index in [1.807, 2.05) is 17.9 Å². The molecule has 2 aromatic heterocycles. The average Bonchev–Trinajstić information content (AvgIpc) is 3.44. The summed E-state index contributed by atoms with van der Waals surface area (Å²) in [4.78, 5) is 33.1. The van der Waals surface area contributed by atoms with Crippen molar-refractivity contribution in [2.45, 2.75) is 50.5 Å². The van der Waals surface area contributed by atoms with Gasteiger partial charge in [-0.2, -0.15) is 0 Å². The summed E-state index contributed by atoms with van der Waals surface area (Å²) in [6, 6.07) is 8.92. The molecule has 0 radical (unpaired) electrons. The number of carbonyl (C=O) groups is 2. The minimum Gasteiger partial charge on any atom is -0.490 e. The van der Waals surface area contributed by atoms with Crippen molar-refractivity contribution in [3.63, 3.8) is 0 Å². The van der Waals surface area contributed by atoms with Gasteiger partial charge in [0.2, 0.25) is 0 Å². The SMILES string of the molecule is CCOc1cc(C(=O)N2CCC3(CC2)CC(=O)c2cc(-c4nnn[nH]4)ccc2O3)cc2nc(C3CC3)oc12. The number of oxazole rings is 1. The first-order valence-electron chi connectivity index (χ1n) is 13.0. The summed E-state index contributed by atoms with van der Waals surface area (Å²) in [6.07, 6.45) is 3.55. The predicted molar refractivity (Wildman–Crippen MR) is 134 cm³/mol. The quantitative estimate of drug-likeness (QED) is 0.420. The number of fused-ring (bicyclic) bond motifs is 2. The summed E-state index contributed by atoms with van der Waals surface area (Å²) in [6.45, 7) is 3.33. The first kappa shape index (κ1) is 22.9. The third kappa shape index (κ3) is 3.89. The summed E-state index contributed by atoms with van der Waals surface area (Å²) < 4.78 is 18.2. The van der Waals surface area contributed by atoms with Crippen LogP contribution in [0.5, 0.6) is 11.5 Å². The Morgan fingerprint density at radius 3 is 2.79 bits per heavy atom. The number of ketones is 1. The van der Waals surface area contributed by atoms with Gasteiger partial charge in [-0.05, 0) is 60.5 Å². The van der Waals surface area contributed by atoms with Gasteiger partial charge in [-0.15, -0.1) is 5.10 Å². The van der Waals surface area contributed by atoms with Crippen LogP contribution in [0.15, 0.2) is 34.7 Å². The number of aromatic amines is 1. The molecule has 1 amide bonds. The van der Waals surface area contributed by atoms with E-state index in [1.165, 1.54) is 0 Å². The Morgan fingerprint density at radius 2 is 2.05 bits per heavy atom. The summed E-state index contributed by atoms with van der Waals surface area (Å²) >= 11 is 0. The highest BCUT2D eigenvalue weighted by Crippen LogP contribution is 2.43. The number of benzene rings is 2. The van der Waals surface area contributed by atoms with Crippen LogP contribution >= 0.6 is 0 Å². The maximum absolute atomic E-state index is 13.5. The van der Waals surface area contributed by atoms with Gasteiger partial charge in [0.05, 0.1) is 18.6 Å². The molecule has 38 heavy (non-hydrogen) atoms. The van der Waals surface area contributed by atoms with E-state index in [9.17, 15) is 9.59 Å². The van der Waals surface area contributed by atoms with Gasteiger partial charge in [-0.1, -0.05) is 0 Å². The summed E-state index contributed by atoms with van der Waals surface area (Å²) in [5, 5.41) is 13.8. The standard InChI is InChI=1S/C27H26N6O5/c1-2-36-22-13-17(12-19-23(22)37-25(28-19)15-3-4-15)26(35)33-9-7-27(8-10-33)14-20(34)18-11-16(5-6-21(18)38-27)24-29-31-32-30-24/h5-6,11-13,15H,2-4,7-10,14H2,1H3,(H,29,30,31,32). The molecule has 1 saturated heterocycles. The summed E-state index contributed by atoms with van der Waals surface area (Å²) in [5.74, 6) is 2.60. The molecule has 1 N–H and O–H groups in total. The van der Waals surface area contributed by atoms with Crippen LogP contribution in [0.1, 0.15) is 71.6 Å². The van der Waals surface area contributed by atoms with Crippen LogP contribution in [-0.2, 0) is 0 Å². The number of hydrogen-bond donors (Lipinski definition) is 1. The maximum Gasteiger partial charge on any atom is 0.254 e. The number of rotatable bonds is 5. The minimum atomic E-state index is -0.623. The average molecular weight is 515 g/mol. The van der Waals surface area contributed by atoms with Crippen molar-refractivity contribution < 1.29 is 23.5 Å². The van der Waals surface area contributed by atoms with Gasteiger partial charge in [0.1, 0.15) is 16.9 Å². The van der Waals surface area contributed by atoms with Gasteiger partial charge >= 0.3 is 0 Å². The van der Waals surface area contributed by atoms with Crippen molar-refractivity contribution in [3.05, 3.63) is 47.3 Å². The maximum atomic E-state index is 13.5. The molecule has 194 valence electrons. The first-order valence-corrected chi connectivity index (χ1v) is 13.0. The zero-order chi connectivity index (χ0) is 25.9. The van der Waals surface area contributed by atoms with Crippen LogP contribution in [0.25, 0.3) is 22.5 Å². The molecule has 2 aliphatic heterocycles. The number of H-pyrrole nitrogens is 1. The van der Waals surface area contributed by atoms with Gasteiger partial charge < -0.3 is 18.8 Å². The van der Waals surface area contributed by atoms with E-state index in [1.54, 1.807) is 24.3 Å². The molecule has 0 unspecified atom stereocenters.